The molecule has 4 aliphatic rings. The van der Waals surface area contributed by atoms with Gasteiger partial charge in [-0.2, -0.15) is 19.0 Å². The molecule has 0 radical (unpaired) electrons. The number of sulfonamides is 1. The third-order valence-electron chi connectivity index (χ3n) is 13.1. The average molecular weight is 962 g/mol. The minimum Gasteiger partial charge on any atom is -0.346 e. The zero-order valence-electron chi connectivity index (χ0n) is 35.3. The summed E-state index contributed by atoms with van der Waals surface area (Å²) in [6.45, 7) is 3.58. The van der Waals surface area contributed by atoms with Crippen molar-refractivity contribution < 1.29 is 48.0 Å². The van der Waals surface area contributed by atoms with Gasteiger partial charge < -0.3 is 5.32 Å². The normalized spacial score (nSPS) is 20.1. The first-order chi connectivity index (χ1) is 30.4. The first kappa shape index (κ1) is 45.0. The number of pyridine rings is 1. The Morgan fingerprint density at radius 1 is 0.969 bits per heavy atom. The number of hydrogen-bond donors (Lipinski definition) is 2. The number of carbonyl (C=O) groups is 1. The molecular formula is C44H42ClF6N7O5S2. The predicted octanol–water partition coefficient (Wildman–Crippen LogP) is 8.40. The lowest BCUT2D eigenvalue weighted by Crippen LogP contribution is -2.36. The van der Waals surface area contributed by atoms with Crippen molar-refractivity contribution in [2.24, 2.45) is 13.0 Å². The molecule has 9 rings (SSSR count). The second-order valence-corrected chi connectivity index (χ2v) is 23.5. The number of nitrogens with zero attached hydrogens (tertiary/aromatic N) is 5. The van der Waals surface area contributed by atoms with Gasteiger partial charge in [0.15, 0.2) is 15.7 Å². The van der Waals surface area contributed by atoms with Crippen LogP contribution in [-0.2, 0) is 50.6 Å². The number of benzene rings is 2. The molecule has 344 valence electrons. The summed E-state index contributed by atoms with van der Waals surface area (Å²) in [6.07, 6.45) is -1.35. The minimum atomic E-state index is -3.93. The summed E-state index contributed by atoms with van der Waals surface area (Å²) >= 11 is 6.75. The van der Waals surface area contributed by atoms with Crippen LogP contribution in [0.2, 0.25) is 5.02 Å². The molecule has 21 heteroatoms. The number of aryl methyl sites for hydroxylation is 1. The molecule has 4 aliphatic carbocycles. The van der Waals surface area contributed by atoms with E-state index in [1.165, 1.54) is 30.7 Å². The Morgan fingerprint density at radius 3 is 2.26 bits per heavy atom. The molecule has 2 aromatic carbocycles. The Balaban J connectivity index is 1.19. The molecule has 0 saturated heterocycles. The fraction of sp³-hybridized carbons (Fsp3) is 0.455. The zero-order chi connectivity index (χ0) is 46.8. The summed E-state index contributed by atoms with van der Waals surface area (Å²) in [5, 5.41) is 10.8. The lowest BCUT2D eigenvalue weighted by Gasteiger charge is -2.34. The lowest BCUT2D eigenvalue weighted by molar-refractivity contribution is -0.123. The van der Waals surface area contributed by atoms with Gasteiger partial charge in [0.1, 0.15) is 40.0 Å². The van der Waals surface area contributed by atoms with Gasteiger partial charge in [0.2, 0.25) is 15.9 Å². The topological polar surface area (TPSA) is 158 Å². The second-order valence-electron chi connectivity index (χ2n) is 18.1. The fourth-order valence-electron chi connectivity index (χ4n) is 8.98. The van der Waals surface area contributed by atoms with Crippen LogP contribution in [0.5, 0.6) is 0 Å². The molecule has 3 atom stereocenters. The number of alkyl halides is 4. The summed E-state index contributed by atoms with van der Waals surface area (Å²) in [6, 6.07) is 7.40. The molecule has 65 heavy (non-hydrogen) atoms. The van der Waals surface area contributed by atoms with Gasteiger partial charge in [0.25, 0.3) is 12.3 Å². The van der Waals surface area contributed by atoms with Crippen LogP contribution in [0.4, 0.5) is 32.2 Å². The minimum absolute atomic E-state index is 0.00965. The smallest absolute Gasteiger partial charge is 0.293 e. The summed E-state index contributed by atoms with van der Waals surface area (Å²) in [5.74, 6) is -2.93. The highest BCUT2D eigenvalue weighted by Crippen LogP contribution is 2.63. The number of fused-ring (bicyclic) bond motifs is 4. The molecule has 5 aromatic rings. The van der Waals surface area contributed by atoms with Crippen molar-refractivity contribution in [1.29, 1.82) is 0 Å². The molecule has 0 unspecified atom stereocenters. The third-order valence-corrected chi connectivity index (χ3v) is 18.5. The SMILES string of the molecule is Cn1nc(NS(=O)(=O)C2(C)CC2)c2c(Cl)ccc(-c3ccc(C#CC(C)(C)S(=O)(=O)C4CC4)nc3[C@H](Cc3cc(F)cc(F)c3)NC(=O)Cn3nc(C(F)F)c4c3C(F)(F)[C@@H]3CC[C@H]43)c21. The number of amides is 1. The van der Waals surface area contributed by atoms with E-state index in [9.17, 15) is 39.2 Å². The van der Waals surface area contributed by atoms with Gasteiger partial charge >= 0.3 is 0 Å². The van der Waals surface area contributed by atoms with Crippen LogP contribution in [0.1, 0.15) is 112 Å². The number of hydrogen-bond acceptors (Lipinski definition) is 8. The van der Waals surface area contributed by atoms with E-state index in [4.69, 9.17) is 16.6 Å². The monoisotopic (exact) mass is 961 g/mol. The van der Waals surface area contributed by atoms with E-state index < -0.39 is 100 Å². The number of carbonyl (C=O) groups excluding carboxylic acids is 1. The van der Waals surface area contributed by atoms with E-state index in [0.717, 1.165) is 12.1 Å². The van der Waals surface area contributed by atoms with Crippen LogP contribution in [0.25, 0.3) is 22.0 Å². The van der Waals surface area contributed by atoms with E-state index in [-0.39, 0.29) is 63.6 Å². The van der Waals surface area contributed by atoms with Crippen molar-refractivity contribution >= 4 is 54.1 Å². The molecule has 0 aliphatic heterocycles. The molecule has 3 saturated carbocycles. The molecular weight excluding hydrogens is 920 g/mol. The van der Waals surface area contributed by atoms with Crippen LogP contribution in [0.15, 0.2) is 42.5 Å². The molecule has 3 heterocycles. The fourth-order valence-corrected chi connectivity index (χ4v) is 12.3. The molecule has 3 aromatic heterocycles. The van der Waals surface area contributed by atoms with Gasteiger partial charge in [0.05, 0.1) is 37.7 Å². The second kappa shape index (κ2) is 15.5. The third kappa shape index (κ3) is 7.74. The maximum Gasteiger partial charge on any atom is 0.293 e. The van der Waals surface area contributed by atoms with Crippen molar-refractivity contribution in [2.45, 2.75) is 111 Å². The number of halogens is 7. The van der Waals surface area contributed by atoms with Crippen molar-refractivity contribution in [3.8, 4) is 23.0 Å². The van der Waals surface area contributed by atoms with E-state index in [0.29, 0.717) is 47.5 Å². The van der Waals surface area contributed by atoms with Crippen molar-refractivity contribution in [1.82, 2.24) is 29.9 Å². The number of rotatable bonds is 13. The highest BCUT2D eigenvalue weighted by atomic mass is 35.5. The van der Waals surface area contributed by atoms with Gasteiger partial charge in [-0.15, -0.1) is 0 Å². The van der Waals surface area contributed by atoms with Crippen molar-refractivity contribution in [3.63, 3.8) is 0 Å². The quantitative estimate of drug-likeness (QED) is 0.0880. The van der Waals surface area contributed by atoms with Crippen LogP contribution < -0.4 is 10.0 Å². The van der Waals surface area contributed by atoms with Crippen LogP contribution >= 0.6 is 11.6 Å². The largest absolute Gasteiger partial charge is 0.346 e. The number of anilines is 1. The number of sulfone groups is 1. The van der Waals surface area contributed by atoms with Gasteiger partial charge in [-0.05, 0) is 113 Å². The van der Waals surface area contributed by atoms with Crippen LogP contribution in [-0.4, -0.2) is 62.0 Å². The molecule has 3 fully saturated rings. The maximum atomic E-state index is 15.8. The Bertz CT molecular complexity index is 3100. The van der Waals surface area contributed by atoms with Gasteiger partial charge in [0, 0.05) is 35.7 Å². The zero-order valence-corrected chi connectivity index (χ0v) is 37.7. The van der Waals surface area contributed by atoms with E-state index in [1.807, 2.05) is 0 Å². The van der Waals surface area contributed by atoms with E-state index in [2.05, 4.69) is 32.1 Å². The highest BCUT2D eigenvalue weighted by molar-refractivity contribution is 7.94. The maximum absolute atomic E-state index is 15.8. The van der Waals surface area contributed by atoms with Gasteiger partial charge in [-0.25, -0.2) is 39.4 Å². The Kier molecular flexibility index (Phi) is 10.7. The standard InChI is InChI=1S/C44H42ClF6N7O5S2/c1-42(2,64(60,61)26-6-7-26)14-13-25-5-8-27(28-10-12-31(45)35-38(28)57(4)55-41(35)56-65(62,63)43(3)15-16-43)36(52-25)32(19-22-17-23(46)20-24(47)18-22)53-33(59)21-58-39-34(37(54-58)40(48)49)29-9-11-30(29)44(39,50)51/h5,8,10,12,17-18,20,26,29-30,32,40H,6-7,9,11,15-16,19,21H2,1-4H3,(H,53,59)(H,55,56)/t29-,30+,32-/m0/s1. The van der Waals surface area contributed by atoms with Crippen LogP contribution in [0, 0.1) is 29.4 Å². The molecule has 0 spiro atoms. The van der Waals surface area contributed by atoms with E-state index in [1.54, 1.807) is 26.1 Å². The van der Waals surface area contributed by atoms with E-state index >= 15 is 8.78 Å². The average Bonchev–Trinajstić information content (AvgIpc) is 4.11. The molecule has 12 nitrogen and oxygen atoms in total. The van der Waals surface area contributed by atoms with Crippen molar-refractivity contribution in [2.75, 3.05) is 4.72 Å². The van der Waals surface area contributed by atoms with Crippen LogP contribution in [0.3, 0.4) is 0 Å². The highest BCUT2D eigenvalue weighted by Gasteiger charge is 2.62. The predicted molar refractivity (Wildman–Crippen MR) is 230 cm³/mol. The summed E-state index contributed by atoms with van der Waals surface area (Å²) in [4.78, 5) is 19.0. The Morgan fingerprint density at radius 2 is 1.65 bits per heavy atom. The van der Waals surface area contributed by atoms with Crippen molar-refractivity contribution in [3.05, 3.63) is 93.0 Å². The number of nitrogens with one attached hydrogen (secondary N) is 2. The molecule has 2 N–H and O–H groups in total. The summed E-state index contributed by atoms with van der Waals surface area (Å²) in [7, 11) is -6.07. The Hall–Kier alpha value is -5.13. The molecule has 1 amide bonds. The first-order valence-electron chi connectivity index (χ1n) is 20.9. The van der Waals surface area contributed by atoms with Gasteiger partial charge in [-0.3, -0.25) is 18.9 Å². The van der Waals surface area contributed by atoms with Gasteiger partial charge in [-0.1, -0.05) is 23.6 Å². The first-order valence-corrected chi connectivity index (χ1v) is 24.3. The Labute approximate surface area is 375 Å². The molecule has 0 bridgehead atoms. The summed E-state index contributed by atoms with van der Waals surface area (Å²) in [5.41, 5.74) is -0.994. The number of aromatic nitrogens is 5. The lowest BCUT2D eigenvalue weighted by atomic mass is 9.73. The summed E-state index contributed by atoms with van der Waals surface area (Å²) < 4.78 is 145.